The van der Waals surface area contributed by atoms with Gasteiger partial charge in [0.15, 0.2) is 0 Å². The molecule has 3 aromatic rings. The molecule has 8 nitrogen and oxygen atoms in total. The summed E-state index contributed by atoms with van der Waals surface area (Å²) >= 11 is 1.27. The number of anilines is 1. The summed E-state index contributed by atoms with van der Waals surface area (Å²) in [6.45, 7) is 0. The molecule has 3 heterocycles. The summed E-state index contributed by atoms with van der Waals surface area (Å²) in [5.74, 6) is -0.334. The first-order chi connectivity index (χ1) is 14.7. The molecule has 0 unspecified atom stereocenters. The van der Waals surface area contributed by atoms with Crippen LogP contribution in [0, 0.1) is 5.41 Å². The third-order valence-corrected chi connectivity index (χ3v) is 6.05. The number of pyridine rings is 1. The first-order valence-electron chi connectivity index (χ1n) is 9.89. The van der Waals surface area contributed by atoms with E-state index in [0.29, 0.717) is 33.7 Å². The molecule has 1 saturated carbocycles. The fraction of sp³-hybridized carbons (Fsp3) is 0.286. The summed E-state index contributed by atoms with van der Waals surface area (Å²) in [5, 5.41) is 17.3. The van der Waals surface area contributed by atoms with Crippen LogP contribution in [0.15, 0.2) is 42.2 Å². The average Bonchev–Trinajstić information content (AvgIpc) is 3.44. The van der Waals surface area contributed by atoms with Gasteiger partial charge < -0.3 is 16.5 Å². The fourth-order valence-electron chi connectivity index (χ4n) is 3.59. The average molecular weight is 422 g/mol. The largest absolute Gasteiger partial charge is 0.404 e. The van der Waals surface area contributed by atoms with Gasteiger partial charge in [0, 0.05) is 35.8 Å². The lowest BCUT2D eigenvalue weighted by Crippen LogP contribution is -2.14. The van der Waals surface area contributed by atoms with Crippen LogP contribution in [0.2, 0.25) is 0 Å². The van der Waals surface area contributed by atoms with Crippen LogP contribution < -0.4 is 11.1 Å². The lowest BCUT2D eigenvalue weighted by Gasteiger charge is -2.21. The molecule has 0 atom stereocenters. The molecular formula is C21H23N7OS. The highest BCUT2D eigenvalue weighted by Gasteiger charge is 2.22. The Morgan fingerprint density at radius 2 is 2.13 bits per heavy atom. The minimum atomic E-state index is -0.334. The maximum atomic E-state index is 12.9. The topological polar surface area (TPSA) is 123 Å². The second-order valence-corrected chi connectivity index (χ2v) is 7.99. The zero-order valence-corrected chi connectivity index (χ0v) is 17.2. The van der Waals surface area contributed by atoms with Crippen molar-refractivity contribution in [1.29, 1.82) is 5.41 Å². The third kappa shape index (κ3) is 4.16. The van der Waals surface area contributed by atoms with E-state index in [4.69, 9.17) is 16.2 Å². The van der Waals surface area contributed by atoms with Gasteiger partial charge >= 0.3 is 0 Å². The highest BCUT2D eigenvalue weighted by atomic mass is 32.1. The van der Waals surface area contributed by atoms with E-state index in [1.807, 2.05) is 29.1 Å². The number of nitrogens with zero attached hydrogens (tertiary/aromatic N) is 4. The summed E-state index contributed by atoms with van der Waals surface area (Å²) in [6, 6.07) is 5.97. The maximum Gasteiger partial charge on any atom is 0.275 e. The molecule has 154 valence electrons. The minimum absolute atomic E-state index is 0.272. The van der Waals surface area contributed by atoms with Crippen molar-refractivity contribution in [2.24, 2.45) is 5.73 Å². The van der Waals surface area contributed by atoms with Crippen molar-refractivity contribution in [1.82, 2.24) is 19.7 Å². The predicted molar refractivity (Wildman–Crippen MR) is 119 cm³/mol. The van der Waals surface area contributed by atoms with Crippen LogP contribution in [0.3, 0.4) is 0 Å². The Bertz CT molecular complexity index is 1060. The first-order valence-corrected chi connectivity index (χ1v) is 10.8. The third-order valence-electron chi connectivity index (χ3n) is 5.16. The minimum Gasteiger partial charge on any atom is -0.404 e. The quantitative estimate of drug-likeness (QED) is 0.517. The number of rotatable bonds is 6. The van der Waals surface area contributed by atoms with E-state index >= 15 is 0 Å². The maximum absolute atomic E-state index is 12.9. The van der Waals surface area contributed by atoms with Crippen LogP contribution >= 0.6 is 11.3 Å². The van der Waals surface area contributed by atoms with Crippen LogP contribution in [-0.2, 0) is 0 Å². The normalized spacial score (nSPS) is 15.1. The molecule has 30 heavy (non-hydrogen) atoms. The summed E-state index contributed by atoms with van der Waals surface area (Å²) < 4.78 is 1.97. The van der Waals surface area contributed by atoms with E-state index in [2.05, 4.69) is 15.3 Å². The second kappa shape index (κ2) is 9.00. The number of amides is 1. The Labute approximate surface area is 178 Å². The van der Waals surface area contributed by atoms with Crippen molar-refractivity contribution < 1.29 is 4.79 Å². The van der Waals surface area contributed by atoms with E-state index in [0.717, 1.165) is 19.1 Å². The van der Waals surface area contributed by atoms with E-state index in [1.54, 1.807) is 11.6 Å². The van der Waals surface area contributed by atoms with Gasteiger partial charge in [0.25, 0.3) is 5.91 Å². The first kappa shape index (κ1) is 20.0. The Balaban J connectivity index is 1.63. The van der Waals surface area contributed by atoms with Crippen molar-refractivity contribution in [2.75, 3.05) is 5.32 Å². The Kier molecular flexibility index (Phi) is 5.99. The van der Waals surface area contributed by atoms with Gasteiger partial charge in [-0.1, -0.05) is 25.3 Å². The van der Waals surface area contributed by atoms with Gasteiger partial charge in [-0.05, 0) is 25.0 Å². The summed E-state index contributed by atoms with van der Waals surface area (Å²) in [5.41, 5.74) is 8.22. The molecule has 9 heteroatoms. The number of hydrogen-bond donors (Lipinski definition) is 3. The van der Waals surface area contributed by atoms with Crippen LogP contribution in [0.4, 0.5) is 5.69 Å². The zero-order valence-electron chi connectivity index (χ0n) is 16.4. The van der Waals surface area contributed by atoms with Gasteiger partial charge in [0.05, 0.1) is 17.4 Å². The molecule has 1 aliphatic rings. The van der Waals surface area contributed by atoms with E-state index in [1.165, 1.54) is 36.8 Å². The Morgan fingerprint density at radius 1 is 1.30 bits per heavy atom. The number of nitrogens with one attached hydrogen (secondary N) is 2. The van der Waals surface area contributed by atoms with Crippen LogP contribution in [0.5, 0.6) is 0 Å². The van der Waals surface area contributed by atoms with Gasteiger partial charge in [0.2, 0.25) is 0 Å². The molecule has 0 spiro atoms. The number of allylic oxidation sites excluding steroid dienone is 1. The molecule has 0 saturated heterocycles. The van der Waals surface area contributed by atoms with Crippen molar-refractivity contribution in [3.05, 3.63) is 52.9 Å². The molecule has 1 fully saturated rings. The van der Waals surface area contributed by atoms with E-state index < -0.39 is 0 Å². The van der Waals surface area contributed by atoms with Crippen molar-refractivity contribution in [2.45, 2.75) is 38.1 Å². The summed E-state index contributed by atoms with van der Waals surface area (Å²) in [7, 11) is 0. The van der Waals surface area contributed by atoms with Gasteiger partial charge in [0.1, 0.15) is 16.4 Å². The SMILES string of the molecule is N=C/C(=C\N)c1nc(C(=O)Nc2cn(C3CCCCC3)nc2-c2ccccn2)cs1. The summed E-state index contributed by atoms with van der Waals surface area (Å²) in [4.78, 5) is 21.6. The van der Waals surface area contributed by atoms with E-state index in [-0.39, 0.29) is 11.6 Å². The number of thiazole rings is 1. The van der Waals surface area contributed by atoms with Gasteiger partial charge in [-0.2, -0.15) is 5.10 Å². The Hall–Kier alpha value is -3.33. The molecule has 0 aromatic carbocycles. The smallest absolute Gasteiger partial charge is 0.275 e. The van der Waals surface area contributed by atoms with Crippen molar-refractivity contribution in [3.8, 4) is 11.4 Å². The highest BCUT2D eigenvalue weighted by Crippen LogP contribution is 2.32. The predicted octanol–water partition coefficient (Wildman–Crippen LogP) is 4.11. The van der Waals surface area contributed by atoms with Crippen LogP contribution in [0.25, 0.3) is 17.0 Å². The molecule has 0 aliphatic heterocycles. The number of hydrogen-bond acceptors (Lipinski definition) is 7. The molecular weight excluding hydrogens is 398 g/mol. The molecule has 4 N–H and O–H groups in total. The van der Waals surface area contributed by atoms with Gasteiger partial charge in [-0.15, -0.1) is 11.3 Å². The second-order valence-electron chi connectivity index (χ2n) is 7.14. The van der Waals surface area contributed by atoms with Gasteiger partial charge in [-0.25, -0.2) is 4.98 Å². The van der Waals surface area contributed by atoms with Crippen molar-refractivity contribution in [3.63, 3.8) is 0 Å². The summed E-state index contributed by atoms with van der Waals surface area (Å²) in [6.07, 6.45) is 11.9. The number of aromatic nitrogens is 4. The van der Waals surface area contributed by atoms with Gasteiger partial charge in [-0.3, -0.25) is 14.5 Å². The molecule has 1 amide bonds. The fourth-order valence-corrected chi connectivity index (χ4v) is 4.38. The standard InChI is InChI=1S/C21H23N7OS/c22-10-14(11-23)21-26-18(13-30-21)20(29)25-17-12-28(15-6-2-1-3-7-15)27-19(17)16-8-4-5-9-24-16/h4-5,8-13,15,22H,1-3,6-7,23H2,(H,25,29)/b14-11+,22-10?. The monoisotopic (exact) mass is 421 g/mol. The lowest BCUT2D eigenvalue weighted by atomic mass is 9.96. The molecule has 4 rings (SSSR count). The number of nitrogens with two attached hydrogens (primary N) is 1. The zero-order chi connectivity index (χ0) is 20.9. The van der Waals surface area contributed by atoms with Crippen molar-refractivity contribution >= 4 is 34.7 Å². The molecule has 3 aromatic heterocycles. The van der Waals surface area contributed by atoms with Crippen LogP contribution in [0.1, 0.15) is 53.6 Å². The van der Waals surface area contributed by atoms with E-state index in [9.17, 15) is 4.79 Å². The number of carbonyl (C=O) groups is 1. The lowest BCUT2D eigenvalue weighted by molar-refractivity contribution is 0.102. The molecule has 1 aliphatic carbocycles. The Morgan fingerprint density at radius 3 is 2.83 bits per heavy atom. The number of carbonyl (C=O) groups excluding carboxylic acids is 1. The molecule has 0 radical (unpaired) electrons. The van der Waals surface area contributed by atoms with Crippen LogP contribution in [-0.4, -0.2) is 31.9 Å². The molecule has 0 bridgehead atoms. The highest BCUT2D eigenvalue weighted by molar-refractivity contribution is 7.11.